The summed E-state index contributed by atoms with van der Waals surface area (Å²) in [6.07, 6.45) is 42.0. The predicted molar refractivity (Wildman–Crippen MR) is 366 cm³/mol. The molecule has 0 fully saturated rings. The summed E-state index contributed by atoms with van der Waals surface area (Å²) < 4.78 is 24.1. The number of benzene rings is 2. The van der Waals surface area contributed by atoms with Gasteiger partial charge in [0.15, 0.2) is 0 Å². The van der Waals surface area contributed by atoms with Crippen molar-refractivity contribution in [1.82, 2.24) is 9.99 Å². The molecule has 0 aromatic heterocycles. The maximum atomic E-state index is 12.7. The van der Waals surface area contributed by atoms with Gasteiger partial charge in [-0.25, -0.2) is 5.09 Å². The first kappa shape index (κ1) is 77.4. The third-order valence-electron chi connectivity index (χ3n) is 16.4. The zero-order valence-electron chi connectivity index (χ0n) is 55.4. The second-order valence-electron chi connectivity index (χ2n) is 25.3. The molecule has 2 aromatic rings. The number of carbonyl (C=O) groups excluding carboxylic acids is 2. The Hall–Kier alpha value is -1.65. The number of nitrogens with one attached hydrogen (secondary N) is 1. The molecule has 11 heteroatoms. The number of nitrogens with zero attached hydrogens (tertiary/aromatic N) is 1. The average Bonchev–Trinajstić information content (AvgIpc) is 3.53. The minimum atomic E-state index is -1.07. The normalized spacial score (nSPS) is 13.7. The molecular formula is C72H129N2O6PS2. The van der Waals surface area contributed by atoms with E-state index >= 15 is 0 Å². The fourth-order valence-electron chi connectivity index (χ4n) is 10.7. The van der Waals surface area contributed by atoms with E-state index in [2.05, 4.69) is 152 Å². The second kappa shape index (κ2) is 53.4. The van der Waals surface area contributed by atoms with Crippen LogP contribution in [0.3, 0.4) is 0 Å². The van der Waals surface area contributed by atoms with Gasteiger partial charge in [-0.2, -0.15) is 23.5 Å². The van der Waals surface area contributed by atoms with Crippen LogP contribution in [0.4, 0.5) is 0 Å². The van der Waals surface area contributed by atoms with Gasteiger partial charge in [0.2, 0.25) is 0 Å². The zero-order valence-corrected chi connectivity index (χ0v) is 58.0. The lowest BCUT2D eigenvalue weighted by Crippen LogP contribution is -2.24. The Balaban J connectivity index is 1.62. The first-order chi connectivity index (χ1) is 40.3. The molecule has 8 nitrogen and oxygen atoms in total. The first-order valence-electron chi connectivity index (χ1n) is 34.5. The van der Waals surface area contributed by atoms with Crippen LogP contribution in [0.1, 0.15) is 320 Å². The van der Waals surface area contributed by atoms with E-state index < -0.39 is 8.53 Å². The topological polar surface area (TPSA) is 86.3 Å². The standard InChI is InChI=1S/C72H129N2O6PS2/c1-11-13-15-17-20-26-32-40-70(83-58-38-54-78-72(76)60-64(8)68-49-45-66(46-50-68)62(5)6)42-34-28-22-24-30-36-56-80-81(73-51-52-74(9)10)79-55-35-29-23-19-21-27-33-41-69(39-31-25-18-16-14-12-2)82-57-37-53-77-71(75)59-63(7)67-47-43-65(44-48-67)61(3)4/h43-50,61-64,69-70,73H,11-42,51-60H2,1-10H3. The molecule has 0 saturated carbocycles. The molecule has 1 N–H and O–H groups in total. The minimum absolute atomic E-state index is 0.0720. The number of hydrogen-bond donors (Lipinski definition) is 1. The van der Waals surface area contributed by atoms with Gasteiger partial charge >= 0.3 is 11.9 Å². The fourth-order valence-corrected chi connectivity index (χ4v) is 14.4. The third-order valence-corrected chi connectivity index (χ3v) is 20.7. The number of carbonyl (C=O) groups is 2. The molecule has 0 bridgehead atoms. The van der Waals surface area contributed by atoms with Gasteiger partial charge in [0.1, 0.15) is 0 Å². The molecule has 0 aliphatic heterocycles. The summed E-state index contributed by atoms with van der Waals surface area (Å²) in [5.41, 5.74) is 5.09. The number of thioether (sulfide) groups is 2. The lowest BCUT2D eigenvalue weighted by molar-refractivity contribution is -0.144. The van der Waals surface area contributed by atoms with Crippen molar-refractivity contribution in [2.75, 3.05) is 65.1 Å². The molecule has 5 unspecified atom stereocenters. The maximum absolute atomic E-state index is 12.7. The lowest BCUT2D eigenvalue weighted by atomic mass is 9.94. The molecule has 0 saturated heterocycles. The molecule has 2 aromatic carbocycles. The van der Waals surface area contributed by atoms with Crippen molar-refractivity contribution >= 4 is 44.0 Å². The summed E-state index contributed by atoms with van der Waals surface area (Å²) in [4.78, 5) is 27.6. The molecule has 0 amide bonds. The number of rotatable bonds is 58. The molecule has 2 rings (SSSR count). The lowest BCUT2D eigenvalue weighted by Gasteiger charge is -2.19. The number of unbranched alkanes of at least 4 members (excludes halogenated alkanes) is 22. The van der Waals surface area contributed by atoms with Crippen molar-refractivity contribution in [3.8, 4) is 0 Å². The Labute approximate surface area is 522 Å². The Bertz CT molecular complexity index is 1790. The SMILES string of the molecule is CCCCCCCCCC(CCCCCCCCOP(NCCN(C)C)OCCCCCCCCCC(CCCCCCCC)SCCCOC(=O)CC(C)c1ccc(C(C)C)cc1)SCCCOC(=O)CC(C)c1ccc(C(C)C)cc1. The number of hydrogen-bond acceptors (Lipinski definition) is 10. The van der Waals surface area contributed by atoms with E-state index in [1.54, 1.807) is 0 Å². The highest BCUT2D eigenvalue weighted by Gasteiger charge is 2.17. The largest absolute Gasteiger partial charge is 0.466 e. The van der Waals surface area contributed by atoms with Gasteiger partial charge in [-0.3, -0.25) is 9.59 Å². The molecular weight excluding hydrogens is 1080 g/mol. The Kier molecular flexibility index (Phi) is 49.8. The van der Waals surface area contributed by atoms with Crippen molar-refractivity contribution < 1.29 is 28.1 Å². The van der Waals surface area contributed by atoms with Crippen LogP contribution in [0.2, 0.25) is 0 Å². The molecule has 5 atom stereocenters. The third kappa shape index (κ3) is 43.6. The van der Waals surface area contributed by atoms with Gasteiger partial charge in [0, 0.05) is 23.6 Å². The Morgan fingerprint density at radius 3 is 1.07 bits per heavy atom. The summed E-state index contributed by atoms with van der Waals surface area (Å²) in [7, 11) is 3.17. The molecule has 83 heavy (non-hydrogen) atoms. The number of likely N-dealkylation sites (N-methyl/N-ethyl adjacent to an activating group) is 1. The van der Waals surface area contributed by atoms with Crippen molar-refractivity contribution in [1.29, 1.82) is 0 Å². The predicted octanol–water partition coefficient (Wildman–Crippen LogP) is 21.8. The molecule has 0 aliphatic carbocycles. The van der Waals surface area contributed by atoms with Crippen LogP contribution < -0.4 is 5.09 Å². The van der Waals surface area contributed by atoms with Crippen molar-refractivity contribution in [2.24, 2.45) is 0 Å². The molecule has 0 heterocycles. The van der Waals surface area contributed by atoms with Crippen LogP contribution >= 0.6 is 32.0 Å². The van der Waals surface area contributed by atoms with E-state index in [0.29, 0.717) is 43.1 Å². The van der Waals surface area contributed by atoms with Crippen LogP contribution in [-0.4, -0.2) is 92.5 Å². The van der Waals surface area contributed by atoms with Crippen LogP contribution in [0, 0.1) is 0 Å². The van der Waals surface area contributed by atoms with Gasteiger partial charge in [0.25, 0.3) is 8.53 Å². The number of esters is 2. The quantitative estimate of drug-likeness (QED) is 0.0393. The Morgan fingerprint density at radius 1 is 0.434 bits per heavy atom. The van der Waals surface area contributed by atoms with E-state index in [0.717, 1.165) is 68.7 Å². The zero-order chi connectivity index (χ0) is 60.4. The summed E-state index contributed by atoms with van der Waals surface area (Å²) in [5, 5.41) is 5.01. The Morgan fingerprint density at radius 2 is 0.747 bits per heavy atom. The summed E-state index contributed by atoms with van der Waals surface area (Å²) in [6.45, 7) is 22.1. The minimum Gasteiger partial charge on any atom is -0.466 e. The van der Waals surface area contributed by atoms with Crippen molar-refractivity contribution in [3.63, 3.8) is 0 Å². The van der Waals surface area contributed by atoms with Gasteiger partial charge in [-0.05, 0) is 123 Å². The van der Waals surface area contributed by atoms with Crippen LogP contribution in [0.25, 0.3) is 0 Å². The maximum Gasteiger partial charge on any atom is 0.306 e. The molecule has 480 valence electrons. The second-order valence-corrected chi connectivity index (χ2v) is 29.4. The van der Waals surface area contributed by atoms with E-state index in [1.807, 2.05) is 0 Å². The van der Waals surface area contributed by atoms with Gasteiger partial charge in [-0.15, -0.1) is 0 Å². The molecule has 0 spiro atoms. The van der Waals surface area contributed by atoms with Crippen LogP contribution in [0.5, 0.6) is 0 Å². The highest BCUT2D eigenvalue weighted by atomic mass is 32.2. The van der Waals surface area contributed by atoms with Gasteiger partial charge < -0.3 is 23.4 Å². The van der Waals surface area contributed by atoms with E-state index in [9.17, 15) is 9.59 Å². The van der Waals surface area contributed by atoms with E-state index in [1.165, 1.54) is 202 Å². The summed E-state index contributed by atoms with van der Waals surface area (Å²) in [6, 6.07) is 17.5. The highest BCUT2D eigenvalue weighted by molar-refractivity contribution is 8.00. The monoisotopic (exact) mass is 1210 g/mol. The number of ether oxygens (including phenoxy) is 2. The highest BCUT2D eigenvalue weighted by Crippen LogP contribution is 2.34. The molecule has 0 aliphatic rings. The smallest absolute Gasteiger partial charge is 0.306 e. The van der Waals surface area contributed by atoms with Crippen molar-refractivity contribution in [2.45, 2.75) is 308 Å². The van der Waals surface area contributed by atoms with Crippen LogP contribution in [0.15, 0.2) is 48.5 Å². The van der Waals surface area contributed by atoms with E-state index in [4.69, 9.17) is 18.5 Å². The van der Waals surface area contributed by atoms with Crippen molar-refractivity contribution in [3.05, 3.63) is 70.8 Å². The molecule has 0 radical (unpaired) electrons. The summed E-state index contributed by atoms with van der Waals surface area (Å²) >= 11 is 4.26. The van der Waals surface area contributed by atoms with E-state index in [-0.39, 0.29) is 23.8 Å². The summed E-state index contributed by atoms with van der Waals surface area (Å²) in [5.74, 6) is 3.36. The van der Waals surface area contributed by atoms with Crippen LogP contribution in [-0.2, 0) is 28.1 Å². The van der Waals surface area contributed by atoms with Gasteiger partial charge in [-0.1, -0.05) is 258 Å². The fraction of sp³-hybridized carbons (Fsp3) is 0.806. The first-order valence-corrected chi connectivity index (χ1v) is 37.8. The average molecular weight is 1210 g/mol. The van der Waals surface area contributed by atoms with Gasteiger partial charge in [0.05, 0.1) is 39.3 Å².